The summed E-state index contributed by atoms with van der Waals surface area (Å²) in [5.41, 5.74) is 5.84. The minimum absolute atomic E-state index is 0.149. The van der Waals surface area contributed by atoms with E-state index < -0.39 is 0 Å². The van der Waals surface area contributed by atoms with Crippen molar-refractivity contribution < 1.29 is 9.59 Å². The Labute approximate surface area is 187 Å². The minimum Gasteiger partial charge on any atom is -0.345 e. The highest BCUT2D eigenvalue weighted by Crippen LogP contribution is 2.43. The van der Waals surface area contributed by atoms with Crippen molar-refractivity contribution in [3.05, 3.63) is 41.0 Å². The lowest BCUT2D eigenvalue weighted by Crippen LogP contribution is -2.50. The van der Waals surface area contributed by atoms with Crippen LogP contribution >= 0.6 is 0 Å². The number of fused-ring (bicyclic) bond motifs is 2. The van der Waals surface area contributed by atoms with Crippen molar-refractivity contribution in [3.63, 3.8) is 0 Å². The molecule has 31 heavy (non-hydrogen) atoms. The summed E-state index contributed by atoms with van der Waals surface area (Å²) in [6.45, 7) is 8.13. The first-order valence-corrected chi connectivity index (χ1v) is 12.2. The maximum Gasteiger partial charge on any atom is 0.226 e. The quantitative estimate of drug-likeness (QED) is 0.675. The Morgan fingerprint density at radius 3 is 2.52 bits per heavy atom. The van der Waals surface area contributed by atoms with Gasteiger partial charge in [0.15, 0.2) is 0 Å². The van der Waals surface area contributed by atoms with Gasteiger partial charge in [-0.3, -0.25) is 9.59 Å². The van der Waals surface area contributed by atoms with E-state index in [2.05, 4.69) is 43.0 Å². The second-order valence-corrected chi connectivity index (χ2v) is 10.2. The van der Waals surface area contributed by atoms with Crippen LogP contribution in [-0.4, -0.2) is 47.8 Å². The molecule has 0 N–H and O–H groups in total. The SMILES string of the molecule is CCC(=O)N(C)CC1CCC(C(=O)N2CCC3=C(Cc4ccccc43)C2C(C)C)CC1. The first-order valence-electron chi connectivity index (χ1n) is 12.2. The number of carbonyl (C=O) groups excluding carboxylic acids is 2. The molecule has 1 aromatic rings. The van der Waals surface area contributed by atoms with E-state index >= 15 is 0 Å². The number of carbonyl (C=O) groups is 2. The van der Waals surface area contributed by atoms with E-state index in [1.54, 1.807) is 0 Å². The summed E-state index contributed by atoms with van der Waals surface area (Å²) >= 11 is 0. The second-order valence-electron chi connectivity index (χ2n) is 10.2. The molecule has 1 heterocycles. The van der Waals surface area contributed by atoms with Gasteiger partial charge in [0.2, 0.25) is 11.8 Å². The Balaban J connectivity index is 1.42. The first kappa shape index (κ1) is 22.1. The van der Waals surface area contributed by atoms with E-state index in [1.807, 2.05) is 18.9 Å². The number of amides is 2. The van der Waals surface area contributed by atoms with Gasteiger partial charge >= 0.3 is 0 Å². The van der Waals surface area contributed by atoms with Crippen molar-refractivity contribution in [2.45, 2.75) is 71.8 Å². The van der Waals surface area contributed by atoms with Gasteiger partial charge in [0.25, 0.3) is 0 Å². The smallest absolute Gasteiger partial charge is 0.226 e. The average molecular weight is 423 g/mol. The Bertz CT molecular complexity index is 864. The largest absolute Gasteiger partial charge is 0.345 e. The van der Waals surface area contributed by atoms with Crippen molar-refractivity contribution in [3.8, 4) is 0 Å². The molecule has 1 unspecified atom stereocenters. The van der Waals surface area contributed by atoms with Crippen LogP contribution in [0.3, 0.4) is 0 Å². The van der Waals surface area contributed by atoms with Gasteiger partial charge < -0.3 is 9.80 Å². The topological polar surface area (TPSA) is 40.6 Å². The standard InChI is InChI=1S/C27H38N2O2/c1-5-25(30)28(4)17-19-10-12-20(13-11-19)27(31)29-15-14-23-22-9-7-6-8-21(22)16-24(23)26(29)18(2)3/h6-9,18-20,26H,5,10-17H2,1-4H3. The van der Waals surface area contributed by atoms with Crippen LogP contribution in [0.5, 0.6) is 0 Å². The molecule has 2 aliphatic carbocycles. The molecule has 1 saturated carbocycles. The summed E-state index contributed by atoms with van der Waals surface area (Å²) in [6, 6.07) is 9.01. The van der Waals surface area contributed by atoms with Crippen molar-refractivity contribution in [2.75, 3.05) is 20.1 Å². The first-order chi connectivity index (χ1) is 14.9. The Morgan fingerprint density at radius 2 is 1.84 bits per heavy atom. The van der Waals surface area contributed by atoms with E-state index in [1.165, 1.54) is 22.3 Å². The molecule has 0 spiro atoms. The summed E-state index contributed by atoms with van der Waals surface area (Å²) in [5.74, 6) is 1.69. The van der Waals surface area contributed by atoms with E-state index in [-0.39, 0.29) is 17.9 Å². The molecule has 0 bridgehead atoms. The number of rotatable bonds is 5. The van der Waals surface area contributed by atoms with Gasteiger partial charge in [-0.25, -0.2) is 0 Å². The molecule has 168 valence electrons. The average Bonchev–Trinajstić information content (AvgIpc) is 3.16. The van der Waals surface area contributed by atoms with Crippen LogP contribution in [0.25, 0.3) is 5.57 Å². The predicted octanol–water partition coefficient (Wildman–Crippen LogP) is 4.93. The maximum absolute atomic E-state index is 13.7. The van der Waals surface area contributed by atoms with Crippen LogP contribution in [0, 0.1) is 17.8 Å². The Kier molecular flexibility index (Phi) is 6.55. The highest BCUT2D eigenvalue weighted by Gasteiger charge is 2.40. The van der Waals surface area contributed by atoms with Crippen LogP contribution in [-0.2, 0) is 16.0 Å². The third-order valence-corrected chi connectivity index (χ3v) is 7.78. The predicted molar refractivity (Wildman–Crippen MR) is 125 cm³/mol. The zero-order valence-electron chi connectivity index (χ0n) is 19.7. The summed E-state index contributed by atoms with van der Waals surface area (Å²) in [5, 5.41) is 0. The molecule has 0 saturated heterocycles. The Morgan fingerprint density at radius 1 is 1.13 bits per heavy atom. The lowest BCUT2D eigenvalue weighted by Gasteiger charge is -2.42. The van der Waals surface area contributed by atoms with Crippen LogP contribution in [0.1, 0.15) is 70.4 Å². The van der Waals surface area contributed by atoms with E-state index in [0.717, 1.165) is 51.6 Å². The molecular formula is C27H38N2O2. The summed E-state index contributed by atoms with van der Waals surface area (Å²) in [4.78, 5) is 29.7. The monoisotopic (exact) mass is 422 g/mol. The van der Waals surface area contributed by atoms with Crippen molar-refractivity contribution in [1.29, 1.82) is 0 Å². The normalized spacial score (nSPS) is 25.5. The van der Waals surface area contributed by atoms with Crippen molar-refractivity contribution in [2.24, 2.45) is 17.8 Å². The molecule has 4 nitrogen and oxygen atoms in total. The van der Waals surface area contributed by atoms with Gasteiger partial charge in [-0.1, -0.05) is 45.0 Å². The van der Waals surface area contributed by atoms with Gasteiger partial charge in [-0.15, -0.1) is 0 Å². The third kappa shape index (κ3) is 4.31. The zero-order chi connectivity index (χ0) is 22.1. The molecule has 1 atom stereocenters. The molecule has 0 aromatic heterocycles. The molecule has 4 rings (SSSR count). The van der Waals surface area contributed by atoms with Crippen LogP contribution < -0.4 is 0 Å². The van der Waals surface area contributed by atoms with Gasteiger partial charge in [0.1, 0.15) is 0 Å². The van der Waals surface area contributed by atoms with Gasteiger partial charge in [-0.2, -0.15) is 0 Å². The molecular weight excluding hydrogens is 384 g/mol. The fraction of sp³-hybridized carbons (Fsp3) is 0.630. The van der Waals surface area contributed by atoms with E-state index in [9.17, 15) is 9.59 Å². The number of benzene rings is 1. The lowest BCUT2D eigenvalue weighted by molar-refractivity contribution is -0.140. The minimum atomic E-state index is 0.149. The third-order valence-electron chi connectivity index (χ3n) is 7.78. The van der Waals surface area contributed by atoms with E-state index in [0.29, 0.717) is 24.2 Å². The highest BCUT2D eigenvalue weighted by atomic mass is 16.2. The molecule has 3 aliphatic rings. The summed E-state index contributed by atoms with van der Waals surface area (Å²) in [6.07, 6.45) is 6.59. The fourth-order valence-electron chi connectivity index (χ4n) is 6.19. The molecule has 1 aromatic carbocycles. The van der Waals surface area contributed by atoms with Crippen LogP contribution in [0.15, 0.2) is 29.8 Å². The zero-order valence-corrected chi connectivity index (χ0v) is 19.7. The van der Waals surface area contributed by atoms with Crippen LogP contribution in [0.2, 0.25) is 0 Å². The number of hydrogen-bond donors (Lipinski definition) is 0. The number of nitrogens with zero attached hydrogens (tertiary/aromatic N) is 2. The van der Waals surface area contributed by atoms with Crippen molar-refractivity contribution in [1.82, 2.24) is 9.80 Å². The molecule has 4 heteroatoms. The molecule has 1 aliphatic heterocycles. The molecule has 1 fully saturated rings. The summed E-state index contributed by atoms with van der Waals surface area (Å²) in [7, 11) is 1.91. The van der Waals surface area contributed by atoms with Crippen molar-refractivity contribution >= 4 is 17.4 Å². The highest BCUT2D eigenvalue weighted by molar-refractivity contribution is 5.84. The molecule has 2 amide bonds. The molecule has 0 radical (unpaired) electrons. The summed E-state index contributed by atoms with van der Waals surface area (Å²) < 4.78 is 0. The Hall–Kier alpha value is -2.10. The van der Waals surface area contributed by atoms with Gasteiger partial charge in [-0.05, 0) is 72.6 Å². The maximum atomic E-state index is 13.7. The fourth-order valence-corrected chi connectivity index (χ4v) is 6.19. The van der Waals surface area contributed by atoms with Gasteiger partial charge in [0, 0.05) is 32.5 Å². The van der Waals surface area contributed by atoms with E-state index in [4.69, 9.17) is 0 Å². The van der Waals surface area contributed by atoms with Crippen LogP contribution in [0.4, 0.5) is 0 Å². The second kappa shape index (κ2) is 9.18. The number of hydrogen-bond acceptors (Lipinski definition) is 2. The lowest BCUT2D eigenvalue weighted by atomic mass is 9.79. The van der Waals surface area contributed by atoms with Gasteiger partial charge in [0.05, 0.1) is 6.04 Å².